The smallest absolute Gasteiger partial charge is 0.303 e. The van der Waals surface area contributed by atoms with Gasteiger partial charge in [-0.05, 0) is 31.0 Å². The van der Waals surface area contributed by atoms with Gasteiger partial charge in [0.25, 0.3) is 0 Å². The molecule has 2 aromatic rings. The number of hydrogen-bond donors (Lipinski definition) is 2. The van der Waals surface area contributed by atoms with E-state index in [1.807, 2.05) is 36.4 Å². The third kappa shape index (κ3) is 5.57. The minimum absolute atomic E-state index is 0.0535. The number of carboxylic acid groups (broad SMARTS) is 1. The van der Waals surface area contributed by atoms with Crippen LogP contribution in [-0.4, -0.2) is 37.0 Å². The van der Waals surface area contributed by atoms with Crippen LogP contribution >= 0.6 is 0 Å². The number of ether oxygens (including phenoxy) is 4. The first-order valence-corrected chi connectivity index (χ1v) is 10.2. The number of carbonyl (C=O) groups is 1. The molecule has 0 aromatic heterocycles. The predicted octanol–water partition coefficient (Wildman–Crippen LogP) is 4.62. The Bertz CT molecular complexity index is 909. The molecule has 2 N–H and O–H groups in total. The minimum Gasteiger partial charge on any atom is -0.508 e. The molecule has 166 valence electrons. The average Bonchev–Trinajstić information content (AvgIpc) is 2.78. The molecular weight excluding hydrogens is 400 g/mol. The molecule has 0 amide bonds. The number of allylic oxidation sites excluding steroid dienone is 2. The molecule has 0 radical (unpaired) electrons. The third-order valence-electron chi connectivity index (χ3n) is 5.22. The van der Waals surface area contributed by atoms with Gasteiger partial charge in [0.2, 0.25) is 0 Å². The van der Waals surface area contributed by atoms with Gasteiger partial charge >= 0.3 is 5.97 Å². The molecule has 3 atom stereocenters. The van der Waals surface area contributed by atoms with Crippen LogP contribution in [0.1, 0.15) is 42.8 Å². The highest BCUT2D eigenvalue weighted by Gasteiger charge is 2.36. The molecule has 0 aliphatic carbocycles. The van der Waals surface area contributed by atoms with Gasteiger partial charge in [-0.3, -0.25) is 4.79 Å². The third-order valence-corrected chi connectivity index (χ3v) is 5.22. The average molecular weight is 428 g/mol. The van der Waals surface area contributed by atoms with Crippen molar-refractivity contribution in [2.75, 3.05) is 20.8 Å². The number of aliphatic carboxylic acids is 1. The number of rotatable bonds is 9. The van der Waals surface area contributed by atoms with Crippen LogP contribution in [0.5, 0.6) is 17.2 Å². The lowest BCUT2D eigenvalue weighted by Crippen LogP contribution is -2.30. The second-order valence-electron chi connectivity index (χ2n) is 7.26. The number of aromatic hydroxyl groups is 1. The van der Waals surface area contributed by atoms with Crippen LogP contribution in [0.25, 0.3) is 0 Å². The Morgan fingerprint density at radius 3 is 2.58 bits per heavy atom. The zero-order valence-corrected chi connectivity index (χ0v) is 17.7. The summed E-state index contributed by atoms with van der Waals surface area (Å²) in [6, 6.07) is 12.6. The Kier molecular flexibility index (Phi) is 7.92. The fraction of sp³-hybridized carbons (Fsp3) is 0.375. The molecule has 1 heterocycles. The molecule has 0 bridgehead atoms. The minimum atomic E-state index is -0.823. The summed E-state index contributed by atoms with van der Waals surface area (Å²) < 4.78 is 23.3. The van der Waals surface area contributed by atoms with E-state index in [0.29, 0.717) is 42.1 Å². The van der Waals surface area contributed by atoms with Crippen LogP contribution in [-0.2, 0) is 14.3 Å². The topological polar surface area (TPSA) is 94.5 Å². The molecule has 3 rings (SSSR count). The molecular formula is C24H28O7. The van der Waals surface area contributed by atoms with E-state index in [-0.39, 0.29) is 18.1 Å². The van der Waals surface area contributed by atoms with E-state index in [2.05, 4.69) is 0 Å². The van der Waals surface area contributed by atoms with E-state index in [1.54, 1.807) is 32.4 Å². The molecule has 0 spiro atoms. The summed E-state index contributed by atoms with van der Waals surface area (Å²) in [4.78, 5) is 10.7. The van der Waals surface area contributed by atoms with E-state index in [9.17, 15) is 9.90 Å². The maximum absolute atomic E-state index is 10.7. The first-order valence-electron chi connectivity index (χ1n) is 10.2. The number of phenolic OH excluding ortho intramolecular Hbond substituents is 1. The molecule has 1 aliphatic heterocycles. The standard InChI is InChI=1S/C24H28O7/c1-28-20-13-8-11-18(23(20)29-2)24-30-15-16(9-4-3-5-14-21(26)27)22(31-24)17-10-6-7-12-19(17)25/h3-4,6-8,10-13,16,22,24-25H,5,9,14-15H2,1-2H3,(H,26,27)/b4-3-/t16-,22+,24+/m1/s1. The first-order chi connectivity index (χ1) is 15.0. The van der Waals surface area contributed by atoms with Crippen molar-refractivity contribution in [3.05, 3.63) is 65.7 Å². The largest absolute Gasteiger partial charge is 0.508 e. The number of para-hydroxylation sites is 2. The number of hydrogen-bond acceptors (Lipinski definition) is 6. The van der Waals surface area contributed by atoms with E-state index in [1.165, 1.54) is 0 Å². The summed E-state index contributed by atoms with van der Waals surface area (Å²) >= 11 is 0. The van der Waals surface area contributed by atoms with Gasteiger partial charge in [-0.2, -0.15) is 0 Å². The Morgan fingerprint density at radius 1 is 1.10 bits per heavy atom. The number of benzene rings is 2. The second-order valence-corrected chi connectivity index (χ2v) is 7.26. The Balaban J connectivity index is 1.84. The van der Waals surface area contributed by atoms with Crippen molar-refractivity contribution in [2.45, 2.75) is 31.7 Å². The van der Waals surface area contributed by atoms with Crippen molar-refractivity contribution in [1.82, 2.24) is 0 Å². The Morgan fingerprint density at radius 2 is 1.87 bits per heavy atom. The lowest BCUT2D eigenvalue weighted by atomic mass is 9.91. The lowest BCUT2D eigenvalue weighted by Gasteiger charge is -2.37. The van der Waals surface area contributed by atoms with Crippen LogP contribution in [0.4, 0.5) is 0 Å². The number of carboxylic acids is 1. The first kappa shape index (κ1) is 22.7. The molecule has 7 heteroatoms. The highest BCUT2D eigenvalue weighted by Crippen LogP contribution is 2.45. The van der Waals surface area contributed by atoms with Gasteiger partial charge in [0, 0.05) is 17.9 Å². The number of methoxy groups -OCH3 is 2. The zero-order valence-electron chi connectivity index (χ0n) is 17.7. The van der Waals surface area contributed by atoms with Crippen molar-refractivity contribution in [3.63, 3.8) is 0 Å². The molecule has 0 unspecified atom stereocenters. The SMILES string of the molecule is COc1cccc([C@H]2OC[C@@H](C/C=C\CCC(=O)O)[C@@H](c3ccccc3O)O2)c1OC. The molecule has 0 saturated carbocycles. The second kappa shape index (κ2) is 10.8. The summed E-state index contributed by atoms with van der Waals surface area (Å²) in [6.45, 7) is 0.396. The van der Waals surface area contributed by atoms with E-state index in [0.717, 1.165) is 0 Å². The predicted molar refractivity (Wildman–Crippen MR) is 114 cm³/mol. The molecule has 31 heavy (non-hydrogen) atoms. The van der Waals surface area contributed by atoms with E-state index >= 15 is 0 Å². The van der Waals surface area contributed by atoms with Gasteiger partial charge in [-0.25, -0.2) is 0 Å². The van der Waals surface area contributed by atoms with Gasteiger partial charge < -0.3 is 29.2 Å². The summed E-state index contributed by atoms with van der Waals surface area (Å²) in [7, 11) is 3.14. The van der Waals surface area contributed by atoms with Crippen molar-refractivity contribution >= 4 is 5.97 Å². The van der Waals surface area contributed by atoms with Crippen molar-refractivity contribution in [1.29, 1.82) is 0 Å². The van der Waals surface area contributed by atoms with Crippen molar-refractivity contribution < 1.29 is 34.0 Å². The fourth-order valence-electron chi connectivity index (χ4n) is 3.69. The van der Waals surface area contributed by atoms with Gasteiger partial charge in [-0.15, -0.1) is 0 Å². The Labute approximate surface area is 181 Å². The van der Waals surface area contributed by atoms with Gasteiger partial charge in [0.05, 0.1) is 32.5 Å². The van der Waals surface area contributed by atoms with Crippen molar-refractivity contribution in [3.8, 4) is 17.2 Å². The monoisotopic (exact) mass is 428 g/mol. The van der Waals surface area contributed by atoms with Gasteiger partial charge in [-0.1, -0.05) is 36.4 Å². The molecule has 2 aromatic carbocycles. The van der Waals surface area contributed by atoms with Gasteiger partial charge in [0.15, 0.2) is 17.8 Å². The maximum atomic E-state index is 10.7. The molecule has 1 fully saturated rings. The fourth-order valence-corrected chi connectivity index (χ4v) is 3.69. The highest BCUT2D eigenvalue weighted by molar-refractivity contribution is 5.66. The zero-order chi connectivity index (χ0) is 22.2. The van der Waals surface area contributed by atoms with Crippen LogP contribution in [0.3, 0.4) is 0 Å². The Hall–Kier alpha value is -3.03. The van der Waals surface area contributed by atoms with Gasteiger partial charge in [0.1, 0.15) is 5.75 Å². The maximum Gasteiger partial charge on any atom is 0.303 e. The van der Waals surface area contributed by atoms with Crippen LogP contribution in [0.15, 0.2) is 54.6 Å². The normalized spacial score (nSPS) is 21.2. The van der Waals surface area contributed by atoms with Crippen LogP contribution in [0.2, 0.25) is 0 Å². The number of phenols is 1. The van der Waals surface area contributed by atoms with Crippen LogP contribution < -0.4 is 9.47 Å². The molecule has 1 saturated heterocycles. The van der Waals surface area contributed by atoms with Crippen LogP contribution in [0, 0.1) is 5.92 Å². The summed E-state index contributed by atoms with van der Waals surface area (Å²) in [5.41, 5.74) is 1.39. The van der Waals surface area contributed by atoms with E-state index in [4.69, 9.17) is 24.1 Å². The quantitative estimate of drug-likeness (QED) is 0.563. The lowest BCUT2D eigenvalue weighted by molar-refractivity contribution is -0.244. The summed E-state index contributed by atoms with van der Waals surface area (Å²) in [6.07, 6.45) is 3.87. The summed E-state index contributed by atoms with van der Waals surface area (Å²) in [5.74, 6) is 0.400. The van der Waals surface area contributed by atoms with E-state index < -0.39 is 18.4 Å². The molecule has 1 aliphatic rings. The molecule has 7 nitrogen and oxygen atoms in total. The highest BCUT2D eigenvalue weighted by atomic mass is 16.7. The summed E-state index contributed by atoms with van der Waals surface area (Å²) in [5, 5.41) is 19.2. The van der Waals surface area contributed by atoms with Crippen molar-refractivity contribution in [2.24, 2.45) is 5.92 Å².